The van der Waals surface area contributed by atoms with Crippen molar-refractivity contribution >= 4 is 11.6 Å². The van der Waals surface area contributed by atoms with E-state index in [-0.39, 0.29) is 6.61 Å². The van der Waals surface area contributed by atoms with Crippen molar-refractivity contribution in [1.29, 1.82) is 0 Å². The number of methoxy groups -OCH3 is 1. The number of halogens is 1. The van der Waals surface area contributed by atoms with Gasteiger partial charge in [-0.05, 0) is 18.2 Å². The van der Waals surface area contributed by atoms with Crippen LogP contribution in [0.1, 0.15) is 5.56 Å². The molecule has 17 heavy (non-hydrogen) atoms. The van der Waals surface area contributed by atoms with Crippen molar-refractivity contribution in [2.75, 3.05) is 26.9 Å². The van der Waals surface area contributed by atoms with Gasteiger partial charge >= 0.3 is 0 Å². The van der Waals surface area contributed by atoms with Crippen LogP contribution in [0.5, 0.6) is 5.75 Å². The van der Waals surface area contributed by atoms with E-state index in [2.05, 4.69) is 11.2 Å². The summed E-state index contributed by atoms with van der Waals surface area (Å²) in [5.74, 6) is 3.20. The van der Waals surface area contributed by atoms with Crippen LogP contribution in [0, 0.1) is 12.3 Å². The summed E-state index contributed by atoms with van der Waals surface area (Å²) in [6.45, 7) is 2.37. The van der Waals surface area contributed by atoms with Crippen molar-refractivity contribution in [3.05, 3.63) is 28.8 Å². The lowest BCUT2D eigenvalue weighted by Gasteiger charge is -2.11. The molecule has 1 aromatic carbocycles. The van der Waals surface area contributed by atoms with Gasteiger partial charge in [-0.3, -0.25) is 0 Å². The molecule has 0 saturated heterocycles. The first-order valence-corrected chi connectivity index (χ1v) is 5.70. The Balaban J connectivity index is 2.60. The molecule has 0 heterocycles. The van der Waals surface area contributed by atoms with Crippen molar-refractivity contribution in [2.45, 2.75) is 6.54 Å². The van der Waals surface area contributed by atoms with Gasteiger partial charge in [0.2, 0.25) is 0 Å². The van der Waals surface area contributed by atoms with Crippen LogP contribution in [0.15, 0.2) is 18.2 Å². The third-order valence-electron chi connectivity index (χ3n) is 2.13. The van der Waals surface area contributed by atoms with Gasteiger partial charge in [0.1, 0.15) is 12.4 Å². The topological polar surface area (TPSA) is 30.5 Å². The van der Waals surface area contributed by atoms with Gasteiger partial charge in [-0.15, -0.1) is 6.42 Å². The normalized spacial score (nSPS) is 9.94. The van der Waals surface area contributed by atoms with Gasteiger partial charge in [-0.1, -0.05) is 17.5 Å². The van der Waals surface area contributed by atoms with Crippen LogP contribution in [0.3, 0.4) is 0 Å². The summed E-state index contributed by atoms with van der Waals surface area (Å²) in [4.78, 5) is 0. The highest BCUT2D eigenvalue weighted by Gasteiger charge is 2.04. The minimum atomic E-state index is 0.257. The Kier molecular flexibility index (Phi) is 6.49. The Labute approximate surface area is 107 Å². The van der Waals surface area contributed by atoms with E-state index in [0.717, 1.165) is 17.9 Å². The Bertz CT molecular complexity index is 387. The molecule has 1 aromatic rings. The third kappa shape index (κ3) is 5.10. The lowest BCUT2D eigenvalue weighted by atomic mass is 10.2. The van der Waals surface area contributed by atoms with Crippen molar-refractivity contribution < 1.29 is 9.47 Å². The highest BCUT2D eigenvalue weighted by molar-refractivity contribution is 6.30. The SMILES string of the molecule is C#CCOc1ccc(Cl)cc1CNCCOC. The second-order valence-corrected chi connectivity index (χ2v) is 3.85. The van der Waals surface area contributed by atoms with Crippen LogP contribution < -0.4 is 10.1 Å². The standard InChI is InChI=1S/C13H16ClNO2/c1-3-7-17-13-5-4-12(14)9-11(13)10-15-6-8-16-2/h1,4-5,9,15H,6-8,10H2,2H3. The van der Waals surface area contributed by atoms with E-state index in [1.165, 1.54) is 0 Å². The van der Waals surface area contributed by atoms with Gasteiger partial charge in [0, 0.05) is 30.8 Å². The van der Waals surface area contributed by atoms with E-state index < -0.39 is 0 Å². The molecule has 0 aromatic heterocycles. The zero-order valence-electron chi connectivity index (χ0n) is 9.83. The van der Waals surface area contributed by atoms with Crippen LogP contribution in [-0.4, -0.2) is 26.9 Å². The lowest BCUT2D eigenvalue weighted by molar-refractivity contribution is 0.199. The maximum atomic E-state index is 5.94. The molecule has 92 valence electrons. The van der Waals surface area contributed by atoms with E-state index in [1.807, 2.05) is 12.1 Å². The number of ether oxygens (including phenoxy) is 2. The summed E-state index contributed by atoms with van der Waals surface area (Å²) in [7, 11) is 1.67. The van der Waals surface area contributed by atoms with Crippen molar-refractivity contribution in [3.63, 3.8) is 0 Å². The molecular formula is C13H16ClNO2. The number of nitrogens with one attached hydrogen (secondary N) is 1. The number of hydrogen-bond donors (Lipinski definition) is 1. The smallest absolute Gasteiger partial charge is 0.148 e. The zero-order chi connectivity index (χ0) is 12.5. The second-order valence-electron chi connectivity index (χ2n) is 3.41. The number of terminal acetylenes is 1. The third-order valence-corrected chi connectivity index (χ3v) is 2.37. The van der Waals surface area contributed by atoms with Gasteiger partial charge in [-0.2, -0.15) is 0 Å². The van der Waals surface area contributed by atoms with E-state index in [1.54, 1.807) is 13.2 Å². The number of rotatable bonds is 7. The molecule has 1 rings (SSSR count). The lowest BCUT2D eigenvalue weighted by Crippen LogP contribution is -2.19. The molecule has 0 bridgehead atoms. The molecule has 0 aliphatic carbocycles. The average molecular weight is 254 g/mol. The summed E-state index contributed by atoms with van der Waals surface area (Å²) >= 11 is 5.94. The largest absolute Gasteiger partial charge is 0.481 e. The minimum absolute atomic E-state index is 0.257. The second kappa shape index (κ2) is 7.97. The summed E-state index contributed by atoms with van der Waals surface area (Å²) in [5.41, 5.74) is 0.990. The first-order chi connectivity index (χ1) is 8.27. The van der Waals surface area contributed by atoms with Gasteiger partial charge in [0.05, 0.1) is 6.61 Å². The van der Waals surface area contributed by atoms with Crippen molar-refractivity contribution in [1.82, 2.24) is 5.32 Å². The molecule has 0 amide bonds. The molecule has 1 N–H and O–H groups in total. The van der Waals surface area contributed by atoms with Gasteiger partial charge in [0.15, 0.2) is 0 Å². The van der Waals surface area contributed by atoms with Crippen LogP contribution in [0.2, 0.25) is 5.02 Å². The summed E-state index contributed by atoms with van der Waals surface area (Å²) < 4.78 is 10.4. The first-order valence-electron chi connectivity index (χ1n) is 5.32. The van der Waals surface area contributed by atoms with Crippen LogP contribution in [0.4, 0.5) is 0 Å². The zero-order valence-corrected chi connectivity index (χ0v) is 10.6. The van der Waals surface area contributed by atoms with E-state index in [4.69, 9.17) is 27.5 Å². The van der Waals surface area contributed by atoms with Crippen molar-refractivity contribution in [2.24, 2.45) is 0 Å². The Morgan fingerprint density at radius 1 is 1.47 bits per heavy atom. The van der Waals surface area contributed by atoms with Crippen LogP contribution in [0.25, 0.3) is 0 Å². The maximum Gasteiger partial charge on any atom is 0.148 e. The molecule has 0 spiro atoms. The highest BCUT2D eigenvalue weighted by atomic mass is 35.5. The summed E-state index contributed by atoms with van der Waals surface area (Å²) in [5, 5.41) is 3.91. The number of hydrogen-bond acceptors (Lipinski definition) is 3. The fourth-order valence-corrected chi connectivity index (χ4v) is 1.54. The quantitative estimate of drug-likeness (QED) is 0.596. The predicted molar refractivity (Wildman–Crippen MR) is 69.4 cm³/mol. The molecular weight excluding hydrogens is 238 g/mol. The first kappa shape index (κ1) is 13.9. The van der Waals surface area contributed by atoms with Gasteiger partial charge in [-0.25, -0.2) is 0 Å². The fraction of sp³-hybridized carbons (Fsp3) is 0.385. The predicted octanol–water partition coefficient (Wildman–Crippen LogP) is 2.09. The minimum Gasteiger partial charge on any atom is -0.481 e. The van der Waals surface area contributed by atoms with Gasteiger partial charge < -0.3 is 14.8 Å². The molecule has 0 saturated carbocycles. The Morgan fingerprint density at radius 2 is 2.29 bits per heavy atom. The molecule has 0 fully saturated rings. The molecule has 0 radical (unpaired) electrons. The van der Waals surface area contributed by atoms with Crippen LogP contribution in [-0.2, 0) is 11.3 Å². The van der Waals surface area contributed by atoms with E-state index >= 15 is 0 Å². The fourth-order valence-electron chi connectivity index (χ4n) is 1.34. The van der Waals surface area contributed by atoms with Crippen molar-refractivity contribution in [3.8, 4) is 18.1 Å². The highest BCUT2D eigenvalue weighted by Crippen LogP contribution is 2.22. The van der Waals surface area contributed by atoms with Crippen LogP contribution >= 0.6 is 11.6 Å². The molecule has 0 unspecified atom stereocenters. The molecule has 3 nitrogen and oxygen atoms in total. The average Bonchev–Trinajstić information content (AvgIpc) is 2.33. The Morgan fingerprint density at radius 3 is 3.00 bits per heavy atom. The maximum absolute atomic E-state index is 5.94. The summed E-state index contributed by atoms with van der Waals surface area (Å²) in [6, 6.07) is 5.48. The van der Waals surface area contributed by atoms with E-state index in [9.17, 15) is 0 Å². The Hall–Kier alpha value is -1.21. The molecule has 0 aliphatic heterocycles. The molecule has 0 aliphatic rings. The summed E-state index contributed by atoms with van der Waals surface area (Å²) in [6.07, 6.45) is 5.16. The van der Waals surface area contributed by atoms with Gasteiger partial charge in [0.25, 0.3) is 0 Å². The number of benzene rings is 1. The molecule has 4 heteroatoms. The molecule has 0 atom stereocenters. The monoisotopic (exact) mass is 253 g/mol. The van der Waals surface area contributed by atoms with E-state index in [0.29, 0.717) is 18.2 Å².